The van der Waals surface area contributed by atoms with Crippen LogP contribution in [0.3, 0.4) is 0 Å². The quantitative estimate of drug-likeness (QED) is 0.544. The number of rotatable bonds is 6. The molecule has 2 amide bonds. The van der Waals surface area contributed by atoms with E-state index >= 15 is 0 Å². The molecule has 124 valence electrons. The molecule has 0 radical (unpaired) electrons. The Hall–Kier alpha value is -3.36. The zero-order valence-electron chi connectivity index (χ0n) is 12.9. The molecule has 0 aliphatic heterocycles. The topological polar surface area (TPSA) is 113 Å². The van der Waals surface area contributed by atoms with Crippen molar-refractivity contribution in [3.63, 3.8) is 0 Å². The van der Waals surface area contributed by atoms with E-state index in [2.05, 4.69) is 20.8 Å². The second kappa shape index (κ2) is 6.41. The lowest BCUT2D eigenvalue weighted by Gasteiger charge is -2.07. The van der Waals surface area contributed by atoms with Gasteiger partial charge < -0.3 is 10.3 Å². The molecule has 0 fully saturated rings. The Morgan fingerprint density at radius 2 is 2.21 bits per heavy atom. The molecule has 0 atom stereocenters. The van der Waals surface area contributed by atoms with Crippen LogP contribution in [0.4, 0.5) is 0 Å². The van der Waals surface area contributed by atoms with Gasteiger partial charge in [-0.25, -0.2) is 4.52 Å². The lowest BCUT2D eigenvalue weighted by molar-refractivity contribution is -0.106. The van der Waals surface area contributed by atoms with Crippen LogP contribution in [0, 0.1) is 6.92 Å². The van der Waals surface area contributed by atoms with Crippen molar-refractivity contribution in [2.75, 3.05) is 12.0 Å². The minimum Gasteiger partial charge on any atom is -0.350 e. The maximum absolute atomic E-state index is 12.2. The Morgan fingerprint density at radius 1 is 1.38 bits per heavy atom. The minimum atomic E-state index is -0.294. The predicted molar refractivity (Wildman–Crippen MR) is 86.4 cm³/mol. The van der Waals surface area contributed by atoms with Crippen LogP contribution in [0.15, 0.2) is 35.6 Å². The van der Waals surface area contributed by atoms with Crippen molar-refractivity contribution in [2.45, 2.75) is 13.3 Å². The van der Waals surface area contributed by atoms with Crippen LogP contribution >= 0.6 is 0 Å². The number of aromatic amines is 1. The van der Waals surface area contributed by atoms with Crippen molar-refractivity contribution in [3.05, 3.63) is 58.0 Å². The summed E-state index contributed by atoms with van der Waals surface area (Å²) in [5.41, 5.74) is 4.77. The number of nitrogens with zero attached hydrogens (tertiary/aromatic N) is 3. The lowest BCUT2D eigenvalue weighted by Crippen LogP contribution is -2.29. The summed E-state index contributed by atoms with van der Waals surface area (Å²) in [7, 11) is 0. The Kier molecular flexibility index (Phi) is 4.15. The smallest absolute Gasteiger partial charge is 0.275 e. The number of aromatic nitrogens is 4. The average Bonchev–Trinajstić information content (AvgIpc) is 3.12. The standard InChI is InChI=1S/C15H16N6O3/c1-10-4-12(20(6-10)19-9-22)14(23)16-3-2-11-5-13-15(24)17-8-18-21(13)7-11/h4-9H,2-3H2,1H3,(H,16,23)(H,19,22)(H,17,18,24). The Labute approximate surface area is 136 Å². The number of carbonyl (C=O) groups is 2. The summed E-state index contributed by atoms with van der Waals surface area (Å²) in [4.78, 5) is 36.9. The SMILES string of the molecule is Cc1cc(C(=O)NCCc2cc3c(=O)[nH]cnn3c2)n(NC=O)c1. The minimum absolute atomic E-state index is 0.214. The van der Waals surface area contributed by atoms with Crippen molar-refractivity contribution >= 4 is 17.8 Å². The molecular weight excluding hydrogens is 312 g/mol. The number of hydrogen-bond donors (Lipinski definition) is 3. The second-order valence-electron chi connectivity index (χ2n) is 5.32. The highest BCUT2D eigenvalue weighted by Crippen LogP contribution is 2.07. The van der Waals surface area contributed by atoms with Crippen molar-refractivity contribution < 1.29 is 9.59 Å². The molecule has 0 aliphatic rings. The van der Waals surface area contributed by atoms with Gasteiger partial charge in [-0.2, -0.15) is 5.10 Å². The highest BCUT2D eigenvalue weighted by molar-refractivity contribution is 5.93. The summed E-state index contributed by atoms with van der Waals surface area (Å²) in [5, 5.41) is 6.80. The van der Waals surface area contributed by atoms with E-state index in [1.807, 2.05) is 6.92 Å². The fourth-order valence-electron chi connectivity index (χ4n) is 2.48. The summed E-state index contributed by atoms with van der Waals surface area (Å²) in [6, 6.07) is 3.42. The fraction of sp³-hybridized carbons (Fsp3) is 0.200. The summed E-state index contributed by atoms with van der Waals surface area (Å²) >= 11 is 0. The highest BCUT2D eigenvalue weighted by Gasteiger charge is 2.12. The van der Waals surface area contributed by atoms with Crippen LogP contribution in [0.5, 0.6) is 0 Å². The molecule has 3 rings (SSSR count). The summed E-state index contributed by atoms with van der Waals surface area (Å²) in [6.45, 7) is 2.22. The Bertz CT molecular complexity index is 952. The van der Waals surface area contributed by atoms with Gasteiger partial charge in [0.25, 0.3) is 11.5 Å². The third-order valence-electron chi connectivity index (χ3n) is 3.55. The first-order chi connectivity index (χ1) is 11.6. The Balaban J connectivity index is 1.65. The first-order valence-corrected chi connectivity index (χ1v) is 7.31. The average molecular weight is 328 g/mol. The highest BCUT2D eigenvalue weighted by atomic mass is 16.2. The second-order valence-corrected chi connectivity index (χ2v) is 5.32. The molecule has 9 heteroatoms. The molecule has 3 aromatic heterocycles. The molecule has 3 heterocycles. The van der Waals surface area contributed by atoms with Crippen LogP contribution in [-0.4, -0.2) is 38.1 Å². The molecule has 0 saturated carbocycles. The maximum atomic E-state index is 12.2. The number of hydrogen-bond acceptors (Lipinski definition) is 4. The monoisotopic (exact) mass is 328 g/mol. The number of aryl methyl sites for hydroxylation is 1. The van der Waals surface area contributed by atoms with E-state index in [-0.39, 0.29) is 11.5 Å². The van der Waals surface area contributed by atoms with Crippen molar-refractivity contribution in [3.8, 4) is 0 Å². The van der Waals surface area contributed by atoms with Crippen LogP contribution in [0.1, 0.15) is 21.6 Å². The summed E-state index contributed by atoms with van der Waals surface area (Å²) in [5.74, 6) is -0.294. The van der Waals surface area contributed by atoms with E-state index in [1.165, 1.54) is 15.5 Å². The van der Waals surface area contributed by atoms with Gasteiger partial charge in [-0.15, -0.1) is 0 Å². The van der Waals surface area contributed by atoms with Gasteiger partial charge in [0.2, 0.25) is 6.41 Å². The zero-order valence-corrected chi connectivity index (χ0v) is 12.9. The van der Waals surface area contributed by atoms with Crippen LogP contribution in [-0.2, 0) is 11.2 Å². The van der Waals surface area contributed by atoms with Gasteiger partial charge in [0, 0.05) is 18.9 Å². The van der Waals surface area contributed by atoms with Gasteiger partial charge >= 0.3 is 0 Å². The number of carbonyl (C=O) groups excluding carboxylic acids is 2. The van der Waals surface area contributed by atoms with Crippen LogP contribution in [0.2, 0.25) is 0 Å². The molecule has 0 saturated heterocycles. The maximum Gasteiger partial charge on any atom is 0.275 e. The van der Waals surface area contributed by atoms with Crippen molar-refractivity contribution in [1.82, 2.24) is 24.6 Å². The normalized spacial score (nSPS) is 10.7. The molecule has 0 aromatic carbocycles. The van der Waals surface area contributed by atoms with E-state index in [9.17, 15) is 14.4 Å². The molecule has 3 aromatic rings. The van der Waals surface area contributed by atoms with Crippen molar-refractivity contribution in [1.29, 1.82) is 0 Å². The van der Waals surface area contributed by atoms with E-state index in [0.29, 0.717) is 30.6 Å². The molecule has 0 bridgehead atoms. The largest absolute Gasteiger partial charge is 0.350 e. The van der Waals surface area contributed by atoms with E-state index < -0.39 is 0 Å². The number of nitrogens with one attached hydrogen (secondary N) is 3. The van der Waals surface area contributed by atoms with Crippen LogP contribution in [0.25, 0.3) is 5.52 Å². The Morgan fingerprint density at radius 3 is 2.96 bits per heavy atom. The van der Waals surface area contributed by atoms with E-state index in [0.717, 1.165) is 11.1 Å². The van der Waals surface area contributed by atoms with Crippen molar-refractivity contribution in [2.24, 2.45) is 0 Å². The molecule has 0 spiro atoms. The molecule has 24 heavy (non-hydrogen) atoms. The number of H-pyrrole nitrogens is 1. The van der Waals surface area contributed by atoms with Gasteiger partial charge in [-0.05, 0) is 36.6 Å². The van der Waals surface area contributed by atoms with Crippen LogP contribution < -0.4 is 16.3 Å². The molecule has 0 aliphatic carbocycles. The fourth-order valence-corrected chi connectivity index (χ4v) is 2.48. The van der Waals surface area contributed by atoms with Gasteiger partial charge in [0.1, 0.15) is 17.5 Å². The number of amides is 2. The van der Waals surface area contributed by atoms with E-state index in [4.69, 9.17) is 0 Å². The summed E-state index contributed by atoms with van der Waals surface area (Å²) < 4.78 is 2.87. The summed E-state index contributed by atoms with van der Waals surface area (Å²) in [6.07, 6.45) is 5.79. The molecule has 3 N–H and O–H groups in total. The van der Waals surface area contributed by atoms with E-state index in [1.54, 1.807) is 24.5 Å². The molecular formula is C15H16N6O3. The molecule has 9 nitrogen and oxygen atoms in total. The van der Waals surface area contributed by atoms with Gasteiger partial charge in [-0.3, -0.25) is 24.5 Å². The third kappa shape index (κ3) is 3.05. The predicted octanol–water partition coefficient (Wildman–Crippen LogP) is -0.195. The molecule has 0 unspecified atom stereocenters. The first-order valence-electron chi connectivity index (χ1n) is 7.31. The van der Waals surface area contributed by atoms with Gasteiger partial charge in [0.15, 0.2) is 0 Å². The zero-order chi connectivity index (χ0) is 17.1. The van der Waals surface area contributed by atoms with Gasteiger partial charge in [-0.1, -0.05) is 0 Å². The first kappa shape index (κ1) is 15.5. The van der Waals surface area contributed by atoms with Gasteiger partial charge in [0.05, 0.1) is 0 Å². The lowest BCUT2D eigenvalue weighted by atomic mass is 10.2. The number of fused-ring (bicyclic) bond motifs is 1. The third-order valence-corrected chi connectivity index (χ3v) is 3.55.